The zero-order chi connectivity index (χ0) is 19.2. The fourth-order valence-corrected chi connectivity index (χ4v) is 3.31. The van der Waals surface area contributed by atoms with Crippen molar-refractivity contribution in [3.05, 3.63) is 64.4 Å². The molecule has 0 aliphatic carbocycles. The molecular formula is C19H19BrN4O2S. The molecule has 1 heterocycles. The molecule has 0 saturated carbocycles. The highest BCUT2D eigenvalue weighted by molar-refractivity contribution is 9.10. The third-order valence-corrected chi connectivity index (χ3v) is 5.38. The number of benzene rings is 2. The largest absolute Gasteiger partial charge is 0.485 e. The molecule has 0 aliphatic heterocycles. The standard InChI is InChI=1S/C19H19BrN4O2S/c1-13-5-3-4-6-16(13)26-11-17-22-23-19(24(17)2)27-12-18(25)21-15-9-7-14(20)8-10-15/h3-10H,11-12H2,1-2H3,(H,21,25). The van der Waals surface area contributed by atoms with Crippen molar-refractivity contribution >= 4 is 39.3 Å². The van der Waals surface area contributed by atoms with Gasteiger partial charge in [-0.1, -0.05) is 45.9 Å². The molecule has 0 spiro atoms. The van der Waals surface area contributed by atoms with Crippen molar-refractivity contribution in [3.8, 4) is 5.75 Å². The first-order chi connectivity index (χ1) is 13.0. The second-order valence-electron chi connectivity index (χ2n) is 5.86. The smallest absolute Gasteiger partial charge is 0.234 e. The molecule has 1 aromatic heterocycles. The molecule has 0 bridgehead atoms. The van der Waals surface area contributed by atoms with Gasteiger partial charge >= 0.3 is 0 Å². The van der Waals surface area contributed by atoms with E-state index in [1.807, 2.05) is 67.1 Å². The molecule has 3 rings (SSSR count). The van der Waals surface area contributed by atoms with Gasteiger partial charge in [0.05, 0.1) is 5.75 Å². The van der Waals surface area contributed by atoms with E-state index in [-0.39, 0.29) is 11.7 Å². The topological polar surface area (TPSA) is 69.0 Å². The Labute approximate surface area is 170 Å². The number of rotatable bonds is 7. The van der Waals surface area contributed by atoms with E-state index in [0.717, 1.165) is 21.5 Å². The number of nitrogens with zero attached hydrogens (tertiary/aromatic N) is 3. The van der Waals surface area contributed by atoms with Crippen LogP contribution in [0.2, 0.25) is 0 Å². The number of aromatic nitrogens is 3. The fraction of sp³-hybridized carbons (Fsp3) is 0.211. The Morgan fingerprint density at radius 1 is 1.19 bits per heavy atom. The SMILES string of the molecule is Cc1ccccc1OCc1nnc(SCC(=O)Nc2ccc(Br)cc2)n1C. The van der Waals surface area contributed by atoms with Gasteiger partial charge in [0.25, 0.3) is 0 Å². The number of anilines is 1. The highest BCUT2D eigenvalue weighted by Gasteiger charge is 2.12. The summed E-state index contributed by atoms with van der Waals surface area (Å²) in [5, 5.41) is 11.8. The minimum atomic E-state index is -0.0944. The lowest BCUT2D eigenvalue weighted by Crippen LogP contribution is -2.14. The minimum Gasteiger partial charge on any atom is -0.485 e. The average molecular weight is 447 g/mol. The number of carbonyl (C=O) groups excluding carboxylic acids is 1. The number of hydrogen-bond donors (Lipinski definition) is 1. The van der Waals surface area contributed by atoms with E-state index in [4.69, 9.17) is 4.74 Å². The van der Waals surface area contributed by atoms with Gasteiger partial charge in [0.15, 0.2) is 11.0 Å². The van der Waals surface area contributed by atoms with Gasteiger partial charge in [0.2, 0.25) is 5.91 Å². The summed E-state index contributed by atoms with van der Waals surface area (Å²) in [5.41, 5.74) is 1.83. The van der Waals surface area contributed by atoms with Crippen LogP contribution in [0, 0.1) is 6.92 Å². The number of halogens is 1. The second kappa shape index (κ2) is 9.05. The summed E-state index contributed by atoms with van der Waals surface area (Å²) < 4.78 is 8.63. The minimum absolute atomic E-state index is 0.0944. The summed E-state index contributed by atoms with van der Waals surface area (Å²) >= 11 is 4.71. The van der Waals surface area contributed by atoms with Crippen molar-refractivity contribution in [2.75, 3.05) is 11.1 Å². The molecular weight excluding hydrogens is 428 g/mol. The van der Waals surface area contributed by atoms with Crippen LogP contribution in [-0.4, -0.2) is 26.4 Å². The molecule has 0 aliphatic rings. The van der Waals surface area contributed by atoms with Crippen LogP contribution in [0.5, 0.6) is 5.75 Å². The number of hydrogen-bond acceptors (Lipinski definition) is 5. The molecule has 0 unspecified atom stereocenters. The summed E-state index contributed by atoms with van der Waals surface area (Å²) in [7, 11) is 1.87. The molecule has 0 atom stereocenters. The van der Waals surface area contributed by atoms with Crippen molar-refractivity contribution in [1.29, 1.82) is 0 Å². The lowest BCUT2D eigenvalue weighted by atomic mass is 10.2. The number of thioether (sulfide) groups is 1. The van der Waals surface area contributed by atoms with Crippen molar-refractivity contribution in [3.63, 3.8) is 0 Å². The number of aryl methyl sites for hydroxylation is 1. The van der Waals surface area contributed by atoms with E-state index >= 15 is 0 Å². The zero-order valence-corrected chi connectivity index (χ0v) is 17.4. The first kappa shape index (κ1) is 19.4. The van der Waals surface area contributed by atoms with Crippen LogP contribution in [0.15, 0.2) is 58.2 Å². The van der Waals surface area contributed by atoms with Crippen LogP contribution in [0.1, 0.15) is 11.4 Å². The van der Waals surface area contributed by atoms with Gasteiger partial charge in [0.1, 0.15) is 12.4 Å². The highest BCUT2D eigenvalue weighted by atomic mass is 79.9. The number of para-hydroxylation sites is 1. The summed E-state index contributed by atoms with van der Waals surface area (Å²) in [5.74, 6) is 1.68. The summed E-state index contributed by atoms with van der Waals surface area (Å²) in [6.45, 7) is 2.32. The number of carbonyl (C=O) groups is 1. The highest BCUT2D eigenvalue weighted by Crippen LogP contribution is 2.20. The summed E-state index contributed by atoms with van der Waals surface area (Å²) in [4.78, 5) is 12.1. The Balaban J connectivity index is 1.53. The Morgan fingerprint density at radius 2 is 1.93 bits per heavy atom. The van der Waals surface area contributed by atoms with Crippen molar-refractivity contribution in [1.82, 2.24) is 14.8 Å². The Morgan fingerprint density at radius 3 is 2.67 bits per heavy atom. The maximum atomic E-state index is 12.1. The lowest BCUT2D eigenvalue weighted by Gasteiger charge is -2.08. The van der Waals surface area contributed by atoms with E-state index in [1.165, 1.54) is 11.8 Å². The predicted octanol–water partition coefficient (Wildman–Crippen LogP) is 4.20. The van der Waals surface area contributed by atoms with Crippen LogP contribution in [0.4, 0.5) is 5.69 Å². The van der Waals surface area contributed by atoms with Gasteiger partial charge in [-0.05, 0) is 42.8 Å². The van der Waals surface area contributed by atoms with Crippen LogP contribution >= 0.6 is 27.7 Å². The molecule has 1 amide bonds. The first-order valence-electron chi connectivity index (χ1n) is 8.28. The third-order valence-electron chi connectivity index (χ3n) is 3.84. The molecule has 140 valence electrons. The van der Waals surface area contributed by atoms with Crippen molar-refractivity contribution in [2.45, 2.75) is 18.7 Å². The molecule has 1 N–H and O–H groups in total. The maximum absolute atomic E-state index is 12.1. The van der Waals surface area contributed by atoms with E-state index < -0.39 is 0 Å². The fourth-order valence-electron chi connectivity index (χ4n) is 2.32. The molecule has 6 nitrogen and oxygen atoms in total. The second-order valence-corrected chi connectivity index (χ2v) is 7.71. The molecule has 0 radical (unpaired) electrons. The average Bonchev–Trinajstić information content (AvgIpc) is 3.01. The van der Waals surface area contributed by atoms with Crippen molar-refractivity contribution in [2.24, 2.45) is 7.05 Å². The van der Waals surface area contributed by atoms with E-state index in [0.29, 0.717) is 17.6 Å². The van der Waals surface area contributed by atoms with Gasteiger partial charge in [0, 0.05) is 17.2 Å². The van der Waals surface area contributed by atoms with Gasteiger partial charge in [-0.25, -0.2) is 0 Å². The molecule has 2 aromatic carbocycles. The van der Waals surface area contributed by atoms with E-state index in [2.05, 4.69) is 31.4 Å². The molecule has 8 heteroatoms. The number of nitrogens with one attached hydrogen (secondary N) is 1. The Bertz CT molecular complexity index is 928. The van der Waals surface area contributed by atoms with Gasteiger partial charge in [-0.2, -0.15) is 0 Å². The van der Waals surface area contributed by atoms with Crippen LogP contribution < -0.4 is 10.1 Å². The quantitative estimate of drug-likeness (QED) is 0.550. The van der Waals surface area contributed by atoms with Gasteiger partial charge in [-0.15, -0.1) is 10.2 Å². The molecule has 27 heavy (non-hydrogen) atoms. The summed E-state index contributed by atoms with van der Waals surface area (Å²) in [6.07, 6.45) is 0. The molecule has 3 aromatic rings. The van der Waals surface area contributed by atoms with Gasteiger partial charge < -0.3 is 14.6 Å². The Hall–Kier alpha value is -2.32. The first-order valence-corrected chi connectivity index (χ1v) is 10.1. The lowest BCUT2D eigenvalue weighted by molar-refractivity contribution is -0.113. The number of ether oxygens (including phenoxy) is 1. The van der Waals surface area contributed by atoms with Crippen LogP contribution in [0.3, 0.4) is 0 Å². The number of amides is 1. The van der Waals surface area contributed by atoms with Crippen LogP contribution in [0.25, 0.3) is 0 Å². The normalized spacial score (nSPS) is 10.6. The zero-order valence-electron chi connectivity index (χ0n) is 15.0. The Kier molecular flexibility index (Phi) is 6.52. The summed E-state index contributed by atoms with van der Waals surface area (Å²) in [6, 6.07) is 15.3. The molecule has 0 fully saturated rings. The van der Waals surface area contributed by atoms with Crippen molar-refractivity contribution < 1.29 is 9.53 Å². The maximum Gasteiger partial charge on any atom is 0.234 e. The van der Waals surface area contributed by atoms with E-state index in [1.54, 1.807) is 0 Å². The van der Waals surface area contributed by atoms with Gasteiger partial charge in [-0.3, -0.25) is 4.79 Å². The third kappa shape index (κ3) is 5.33. The molecule has 0 saturated heterocycles. The predicted molar refractivity (Wildman–Crippen MR) is 110 cm³/mol. The van der Waals surface area contributed by atoms with E-state index in [9.17, 15) is 4.79 Å². The van der Waals surface area contributed by atoms with Crippen LogP contribution in [-0.2, 0) is 18.4 Å². The monoisotopic (exact) mass is 446 g/mol.